The summed E-state index contributed by atoms with van der Waals surface area (Å²) in [5.41, 5.74) is 2.04. The molecule has 3 rings (SSSR count). The summed E-state index contributed by atoms with van der Waals surface area (Å²) < 4.78 is 5.23. The molecule has 102 valence electrons. The number of methoxy groups -OCH3 is 1. The summed E-state index contributed by atoms with van der Waals surface area (Å²) in [6, 6.07) is 6.49. The van der Waals surface area contributed by atoms with E-state index in [2.05, 4.69) is 27.1 Å². The average Bonchev–Trinajstić information content (AvgIpc) is 2.79. The second kappa shape index (κ2) is 5.19. The van der Waals surface area contributed by atoms with Gasteiger partial charge in [-0.2, -0.15) is 0 Å². The van der Waals surface area contributed by atoms with Crippen LogP contribution in [0.25, 0.3) is 11.0 Å². The molecule has 0 aliphatic carbocycles. The highest BCUT2D eigenvalue weighted by Gasteiger charge is 2.16. The van der Waals surface area contributed by atoms with Crippen LogP contribution in [0.4, 0.5) is 0 Å². The van der Waals surface area contributed by atoms with Crippen LogP contribution in [-0.4, -0.2) is 47.7 Å². The van der Waals surface area contributed by atoms with Gasteiger partial charge >= 0.3 is 0 Å². The van der Waals surface area contributed by atoms with E-state index < -0.39 is 0 Å². The summed E-state index contributed by atoms with van der Waals surface area (Å²) in [6.07, 6.45) is 0. The van der Waals surface area contributed by atoms with Gasteiger partial charge in [0, 0.05) is 31.7 Å². The SMILES string of the molecule is COc1ccc2nc(CN3CCN[C@H](C)C3)[nH]c2c1. The normalized spacial score (nSPS) is 20.8. The van der Waals surface area contributed by atoms with Gasteiger partial charge in [-0.15, -0.1) is 0 Å². The van der Waals surface area contributed by atoms with Crippen molar-refractivity contribution >= 4 is 11.0 Å². The molecule has 2 N–H and O–H groups in total. The molecule has 1 aliphatic rings. The number of hydrogen-bond donors (Lipinski definition) is 2. The number of rotatable bonds is 3. The van der Waals surface area contributed by atoms with Crippen LogP contribution < -0.4 is 10.1 Å². The number of nitrogens with one attached hydrogen (secondary N) is 2. The van der Waals surface area contributed by atoms with Gasteiger partial charge in [-0.05, 0) is 19.1 Å². The van der Waals surface area contributed by atoms with Crippen molar-refractivity contribution in [3.63, 3.8) is 0 Å². The Morgan fingerprint density at radius 3 is 3.16 bits per heavy atom. The Balaban J connectivity index is 1.77. The third kappa shape index (κ3) is 2.72. The Hall–Kier alpha value is -1.59. The number of imidazole rings is 1. The molecule has 5 heteroatoms. The third-order valence-electron chi connectivity index (χ3n) is 3.56. The topological polar surface area (TPSA) is 53.2 Å². The van der Waals surface area contributed by atoms with Crippen LogP contribution in [0.2, 0.25) is 0 Å². The first kappa shape index (κ1) is 12.4. The number of ether oxygens (including phenoxy) is 1. The summed E-state index contributed by atoms with van der Waals surface area (Å²) >= 11 is 0. The smallest absolute Gasteiger partial charge is 0.121 e. The van der Waals surface area contributed by atoms with Gasteiger partial charge in [0.05, 0.1) is 24.7 Å². The molecular weight excluding hydrogens is 240 g/mol. The van der Waals surface area contributed by atoms with Gasteiger partial charge in [0.15, 0.2) is 0 Å². The zero-order valence-corrected chi connectivity index (χ0v) is 11.4. The van der Waals surface area contributed by atoms with Crippen LogP contribution in [0.1, 0.15) is 12.7 Å². The molecular formula is C14H20N4O. The molecule has 19 heavy (non-hydrogen) atoms. The van der Waals surface area contributed by atoms with Crippen LogP contribution in [0, 0.1) is 0 Å². The predicted octanol–water partition coefficient (Wildman–Crippen LogP) is 1.37. The maximum atomic E-state index is 5.23. The molecule has 1 aromatic carbocycles. The zero-order chi connectivity index (χ0) is 13.2. The molecule has 2 heterocycles. The van der Waals surface area contributed by atoms with E-state index in [9.17, 15) is 0 Å². The second-order valence-electron chi connectivity index (χ2n) is 5.16. The number of nitrogens with zero attached hydrogens (tertiary/aromatic N) is 2. The van der Waals surface area contributed by atoms with Crippen LogP contribution in [0.15, 0.2) is 18.2 Å². The number of hydrogen-bond acceptors (Lipinski definition) is 4. The maximum Gasteiger partial charge on any atom is 0.121 e. The largest absolute Gasteiger partial charge is 0.497 e. The van der Waals surface area contributed by atoms with Crippen molar-refractivity contribution in [1.29, 1.82) is 0 Å². The minimum absolute atomic E-state index is 0.554. The number of benzene rings is 1. The van der Waals surface area contributed by atoms with Crippen molar-refractivity contribution in [3.8, 4) is 5.75 Å². The van der Waals surface area contributed by atoms with E-state index in [0.29, 0.717) is 6.04 Å². The molecule has 1 aromatic heterocycles. The Morgan fingerprint density at radius 1 is 1.47 bits per heavy atom. The second-order valence-corrected chi connectivity index (χ2v) is 5.16. The fourth-order valence-electron chi connectivity index (χ4n) is 2.61. The molecule has 0 bridgehead atoms. The monoisotopic (exact) mass is 260 g/mol. The molecule has 0 unspecified atom stereocenters. The molecule has 0 saturated carbocycles. The molecule has 1 saturated heterocycles. The van der Waals surface area contributed by atoms with Gasteiger partial charge in [-0.3, -0.25) is 4.90 Å². The van der Waals surface area contributed by atoms with E-state index >= 15 is 0 Å². The van der Waals surface area contributed by atoms with Crippen molar-refractivity contribution in [2.75, 3.05) is 26.7 Å². The summed E-state index contributed by atoms with van der Waals surface area (Å²) in [5.74, 6) is 1.89. The third-order valence-corrected chi connectivity index (χ3v) is 3.56. The lowest BCUT2D eigenvalue weighted by Gasteiger charge is -2.31. The van der Waals surface area contributed by atoms with E-state index in [-0.39, 0.29) is 0 Å². The summed E-state index contributed by atoms with van der Waals surface area (Å²) in [4.78, 5) is 10.4. The number of H-pyrrole nitrogens is 1. The van der Waals surface area contributed by atoms with E-state index in [0.717, 1.165) is 48.8 Å². The van der Waals surface area contributed by atoms with Gasteiger partial charge in [0.25, 0.3) is 0 Å². The Bertz CT molecular complexity index is 566. The van der Waals surface area contributed by atoms with E-state index in [1.807, 2.05) is 18.2 Å². The zero-order valence-electron chi connectivity index (χ0n) is 11.4. The van der Waals surface area contributed by atoms with E-state index in [1.54, 1.807) is 7.11 Å². The molecule has 0 radical (unpaired) electrons. The van der Waals surface area contributed by atoms with Crippen molar-refractivity contribution in [2.45, 2.75) is 19.5 Å². The lowest BCUT2D eigenvalue weighted by molar-refractivity contribution is 0.196. The summed E-state index contributed by atoms with van der Waals surface area (Å²) in [6.45, 7) is 6.29. The quantitative estimate of drug-likeness (QED) is 0.875. The minimum atomic E-state index is 0.554. The first-order valence-corrected chi connectivity index (χ1v) is 6.73. The highest BCUT2D eigenvalue weighted by molar-refractivity contribution is 5.76. The highest BCUT2D eigenvalue weighted by atomic mass is 16.5. The maximum absolute atomic E-state index is 5.23. The predicted molar refractivity (Wildman–Crippen MR) is 75.4 cm³/mol. The van der Waals surface area contributed by atoms with Gasteiger partial charge < -0.3 is 15.0 Å². The Kier molecular flexibility index (Phi) is 3.40. The van der Waals surface area contributed by atoms with Crippen molar-refractivity contribution in [2.24, 2.45) is 0 Å². The molecule has 1 fully saturated rings. The number of aromatic nitrogens is 2. The van der Waals surface area contributed by atoms with Crippen LogP contribution in [0.3, 0.4) is 0 Å². The van der Waals surface area contributed by atoms with Gasteiger partial charge in [0.2, 0.25) is 0 Å². The first-order valence-electron chi connectivity index (χ1n) is 6.73. The summed E-state index contributed by atoms with van der Waals surface area (Å²) in [5, 5.41) is 3.45. The molecule has 1 atom stereocenters. The highest BCUT2D eigenvalue weighted by Crippen LogP contribution is 2.19. The van der Waals surface area contributed by atoms with Crippen LogP contribution in [0.5, 0.6) is 5.75 Å². The fourth-order valence-corrected chi connectivity index (χ4v) is 2.61. The van der Waals surface area contributed by atoms with Crippen LogP contribution >= 0.6 is 0 Å². The number of aromatic amines is 1. The van der Waals surface area contributed by atoms with Crippen molar-refractivity contribution in [3.05, 3.63) is 24.0 Å². The van der Waals surface area contributed by atoms with Crippen molar-refractivity contribution < 1.29 is 4.74 Å². The Morgan fingerprint density at radius 2 is 2.37 bits per heavy atom. The van der Waals surface area contributed by atoms with E-state index in [1.165, 1.54) is 0 Å². The average molecular weight is 260 g/mol. The molecule has 2 aromatic rings. The fraction of sp³-hybridized carbons (Fsp3) is 0.500. The van der Waals surface area contributed by atoms with Crippen molar-refractivity contribution in [1.82, 2.24) is 20.2 Å². The van der Waals surface area contributed by atoms with Gasteiger partial charge in [-0.1, -0.05) is 0 Å². The number of piperazine rings is 1. The molecule has 0 spiro atoms. The van der Waals surface area contributed by atoms with Crippen LogP contribution in [-0.2, 0) is 6.54 Å². The van der Waals surface area contributed by atoms with Gasteiger partial charge in [0.1, 0.15) is 11.6 Å². The Labute approximate surface area is 113 Å². The molecule has 5 nitrogen and oxygen atoms in total. The lowest BCUT2D eigenvalue weighted by atomic mass is 10.2. The standard InChI is InChI=1S/C14H20N4O/c1-10-8-18(6-5-15-10)9-14-16-12-4-3-11(19-2)7-13(12)17-14/h3-4,7,10,15H,5-6,8-9H2,1-2H3,(H,16,17)/t10-/m1/s1. The van der Waals surface area contributed by atoms with Gasteiger partial charge in [-0.25, -0.2) is 4.98 Å². The molecule has 0 amide bonds. The first-order chi connectivity index (χ1) is 9.24. The van der Waals surface area contributed by atoms with E-state index in [4.69, 9.17) is 4.74 Å². The molecule has 1 aliphatic heterocycles. The summed E-state index contributed by atoms with van der Waals surface area (Å²) in [7, 11) is 1.68. The lowest BCUT2D eigenvalue weighted by Crippen LogP contribution is -2.48. The minimum Gasteiger partial charge on any atom is -0.497 e. The number of fused-ring (bicyclic) bond motifs is 1.